The highest BCUT2D eigenvalue weighted by Crippen LogP contribution is 2.26. The van der Waals surface area contributed by atoms with Crippen LogP contribution in [-0.2, 0) is 14.8 Å². The molecule has 1 saturated carbocycles. The number of carboxylic acids is 1. The fourth-order valence-electron chi connectivity index (χ4n) is 2.09. The summed E-state index contributed by atoms with van der Waals surface area (Å²) in [5.74, 6) is -1.21. The van der Waals surface area contributed by atoms with Crippen LogP contribution in [0.25, 0.3) is 0 Å². The minimum Gasteiger partial charge on any atom is -0.480 e. The van der Waals surface area contributed by atoms with Crippen molar-refractivity contribution in [3.8, 4) is 0 Å². The summed E-state index contributed by atoms with van der Waals surface area (Å²) >= 11 is 0. The van der Waals surface area contributed by atoms with Crippen molar-refractivity contribution in [3.63, 3.8) is 0 Å². The van der Waals surface area contributed by atoms with Gasteiger partial charge in [-0.2, -0.15) is 0 Å². The van der Waals surface area contributed by atoms with E-state index in [0.717, 1.165) is 32.1 Å². The molecule has 94 valence electrons. The smallest absolute Gasteiger partial charge is 0.322 e. The summed E-state index contributed by atoms with van der Waals surface area (Å²) < 4.78 is 25.0. The number of carboxylic acid groups (broad SMARTS) is 1. The Kier molecular flexibility index (Phi) is 4.73. The first-order chi connectivity index (χ1) is 7.46. The first kappa shape index (κ1) is 13.4. The van der Waals surface area contributed by atoms with E-state index in [1.807, 2.05) is 0 Å². The SMILES string of the molecule is CCS(=O)(=O)NC(C(=O)O)C1CCCCC1. The zero-order valence-electron chi connectivity index (χ0n) is 9.48. The van der Waals surface area contributed by atoms with Crippen molar-refractivity contribution in [2.45, 2.75) is 45.1 Å². The van der Waals surface area contributed by atoms with Crippen LogP contribution in [0.1, 0.15) is 39.0 Å². The molecule has 0 aromatic rings. The maximum absolute atomic E-state index is 11.4. The molecule has 6 heteroatoms. The molecule has 1 rings (SSSR count). The molecular formula is C10H19NO4S. The maximum Gasteiger partial charge on any atom is 0.322 e. The third-order valence-electron chi connectivity index (χ3n) is 3.07. The van der Waals surface area contributed by atoms with E-state index in [-0.39, 0.29) is 11.7 Å². The first-order valence-electron chi connectivity index (χ1n) is 5.69. The minimum atomic E-state index is -3.44. The lowest BCUT2D eigenvalue weighted by Gasteiger charge is -2.27. The first-order valence-corrected chi connectivity index (χ1v) is 7.34. The van der Waals surface area contributed by atoms with Gasteiger partial charge in [0.15, 0.2) is 0 Å². The Morgan fingerprint density at radius 1 is 1.38 bits per heavy atom. The van der Waals surface area contributed by atoms with Gasteiger partial charge in [-0.25, -0.2) is 13.1 Å². The number of rotatable bonds is 5. The van der Waals surface area contributed by atoms with Crippen molar-refractivity contribution in [1.82, 2.24) is 4.72 Å². The molecule has 0 aliphatic heterocycles. The van der Waals surface area contributed by atoms with Crippen LogP contribution in [0.4, 0.5) is 0 Å². The quantitative estimate of drug-likeness (QED) is 0.760. The normalized spacial score (nSPS) is 20.6. The lowest BCUT2D eigenvalue weighted by Crippen LogP contribution is -2.46. The van der Waals surface area contributed by atoms with Crippen molar-refractivity contribution >= 4 is 16.0 Å². The van der Waals surface area contributed by atoms with Crippen LogP contribution in [0.3, 0.4) is 0 Å². The maximum atomic E-state index is 11.4. The van der Waals surface area contributed by atoms with Gasteiger partial charge in [-0.15, -0.1) is 0 Å². The number of hydrogen-bond donors (Lipinski definition) is 2. The monoisotopic (exact) mass is 249 g/mol. The molecule has 0 heterocycles. The number of aliphatic carboxylic acids is 1. The highest BCUT2D eigenvalue weighted by Gasteiger charge is 2.32. The highest BCUT2D eigenvalue weighted by atomic mass is 32.2. The predicted molar refractivity (Wildman–Crippen MR) is 60.6 cm³/mol. The van der Waals surface area contributed by atoms with Crippen LogP contribution in [-0.4, -0.2) is 31.3 Å². The summed E-state index contributed by atoms with van der Waals surface area (Å²) in [4.78, 5) is 11.1. The lowest BCUT2D eigenvalue weighted by molar-refractivity contribution is -0.140. The molecule has 0 saturated heterocycles. The van der Waals surface area contributed by atoms with Crippen LogP contribution in [0.5, 0.6) is 0 Å². The predicted octanol–water partition coefficient (Wildman–Crippen LogP) is 0.959. The summed E-state index contributed by atoms with van der Waals surface area (Å²) in [6.45, 7) is 1.50. The van der Waals surface area contributed by atoms with E-state index in [9.17, 15) is 13.2 Å². The fourth-order valence-corrected chi connectivity index (χ4v) is 2.94. The zero-order chi connectivity index (χ0) is 12.2. The van der Waals surface area contributed by atoms with Gasteiger partial charge in [0.25, 0.3) is 0 Å². The Bertz CT molecular complexity index is 333. The molecule has 0 spiro atoms. The highest BCUT2D eigenvalue weighted by molar-refractivity contribution is 7.89. The third kappa shape index (κ3) is 3.75. The van der Waals surface area contributed by atoms with Gasteiger partial charge in [-0.3, -0.25) is 4.79 Å². The third-order valence-corrected chi connectivity index (χ3v) is 4.45. The van der Waals surface area contributed by atoms with Gasteiger partial charge in [0.1, 0.15) is 6.04 Å². The molecule has 1 unspecified atom stereocenters. The Morgan fingerprint density at radius 3 is 2.38 bits per heavy atom. The van der Waals surface area contributed by atoms with Crippen LogP contribution in [0.2, 0.25) is 0 Å². The molecule has 16 heavy (non-hydrogen) atoms. The van der Waals surface area contributed by atoms with Gasteiger partial charge >= 0.3 is 5.97 Å². The summed E-state index contributed by atoms with van der Waals surface area (Å²) in [6.07, 6.45) is 4.68. The molecule has 1 aliphatic rings. The molecule has 0 amide bonds. The van der Waals surface area contributed by atoms with Gasteiger partial charge in [0, 0.05) is 0 Å². The second kappa shape index (κ2) is 5.63. The van der Waals surface area contributed by atoms with E-state index in [2.05, 4.69) is 4.72 Å². The van der Waals surface area contributed by atoms with Crippen LogP contribution in [0.15, 0.2) is 0 Å². The van der Waals surface area contributed by atoms with E-state index >= 15 is 0 Å². The topological polar surface area (TPSA) is 83.5 Å². The largest absolute Gasteiger partial charge is 0.480 e. The molecule has 1 aliphatic carbocycles. The average Bonchev–Trinajstić information content (AvgIpc) is 2.27. The number of nitrogens with one attached hydrogen (secondary N) is 1. The van der Waals surface area contributed by atoms with Gasteiger partial charge in [0.05, 0.1) is 5.75 Å². The Hall–Kier alpha value is -0.620. The minimum absolute atomic E-state index is 0.0624. The second-order valence-corrected chi connectivity index (χ2v) is 6.28. The Labute approximate surface area is 96.3 Å². The van der Waals surface area contributed by atoms with Crippen LogP contribution in [0, 0.1) is 5.92 Å². The van der Waals surface area contributed by atoms with Crippen LogP contribution >= 0.6 is 0 Å². The molecule has 1 fully saturated rings. The molecule has 2 N–H and O–H groups in total. The molecule has 5 nitrogen and oxygen atoms in total. The summed E-state index contributed by atoms with van der Waals surface area (Å²) in [6, 6.07) is -0.953. The van der Waals surface area contributed by atoms with Crippen molar-refractivity contribution in [2.75, 3.05) is 5.75 Å². The Morgan fingerprint density at radius 2 is 1.94 bits per heavy atom. The molecule has 0 aromatic carbocycles. The van der Waals surface area contributed by atoms with Crippen molar-refractivity contribution in [1.29, 1.82) is 0 Å². The molecule has 0 aromatic heterocycles. The van der Waals surface area contributed by atoms with E-state index < -0.39 is 22.0 Å². The summed E-state index contributed by atoms with van der Waals surface area (Å²) in [5.41, 5.74) is 0. The standard InChI is InChI=1S/C10H19NO4S/c1-2-16(14,15)11-9(10(12)13)8-6-4-3-5-7-8/h8-9,11H,2-7H2,1H3,(H,12,13). The second-order valence-electron chi connectivity index (χ2n) is 4.24. The van der Waals surface area contributed by atoms with Crippen molar-refractivity contribution < 1.29 is 18.3 Å². The van der Waals surface area contributed by atoms with Gasteiger partial charge < -0.3 is 5.11 Å². The zero-order valence-corrected chi connectivity index (χ0v) is 10.3. The molecule has 1 atom stereocenters. The molecule has 0 radical (unpaired) electrons. The summed E-state index contributed by atoms with van der Waals surface area (Å²) in [5, 5.41) is 9.06. The van der Waals surface area contributed by atoms with Gasteiger partial charge in [-0.1, -0.05) is 19.3 Å². The van der Waals surface area contributed by atoms with E-state index in [1.165, 1.54) is 6.92 Å². The van der Waals surface area contributed by atoms with Gasteiger partial charge in [-0.05, 0) is 25.7 Å². The van der Waals surface area contributed by atoms with Gasteiger partial charge in [0.2, 0.25) is 10.0 Å². The number of sulfonamides is 1. The van der Waals surface area contributed by atoms with Crippen LogP contribution < -0.4 is 4.72 Å². The average molecular weight is 249 g/mol. The van der Waals surface area contributed by atoms with Crippen molar-refractivity contribution in [3.05, 3.63) is 0 Å². The summed E-state index contributed by atoms with van der Waals surface area (Å²) in [7, 11) is -3.44. The molecular weight excluding hydrogens is 230 g/mol. The number of carbonyl (C=O) groups is 1. The Balaban J connectivity index is 2.70. The fraction of sp³-hybridized carbons (Fsp3) is 0.900. The van der Waals surface area contributed by atoms with Crippen molar-refractivity contribution in [2.24, 2.45) is 5.92 Å². The number of hydrogen-bond acceptors (Lipinski definition) is 3. The van der Waals surface area contributed by atoms with E-state index in [0.29, 0.717) is 0 Å². The lowest BCUT2D eigenvalue weighted by atomic mass is 9.84. The van der Waals surface area contributed by atoms with E-state index in [1.54, 1.807) is 0 Å². The molecule has 0 bridgehead atoms. The van der Waals surface area contributed by atoms with E-state index in [4.69, 9.17) is 5.11 Å².